The maximum absolute atomic E-state index is 13.1. The molecule has 6 nitrogen and oxygen atoms in total. The molecule has 0 aliphatic carbocycles. The number of hydrogen-bond acceptors (Lipinski definition) is 4. The largest absolute Gasteiger partial charge is 0.342 e. The second-order valence-corrected chi connectivity index (χ2v) is 9.04. The molecule has 2 saturated heterocycles. The summed E-state index contributed by atoms with van der Waals surface area (Å²) < 4.78 is 13.1. The molecule has 176 valence electrons. The van der Waals surface area contributed by atoms with Crippen LogP contribution < -0.4 is 5.32 Å². The third-order valence-corrected chi connectivity index (χ3v) is 6.62. The van der Waals surface area contributed by atoms with Gasteiger partial charge in [0.2, 0.25) is 11.8 Å². The third-order valence-electron chi connectivity index (χ3n) is 6.62. The van der Waals surface area contributed by atoms with Gasteiger partial charge in [0.15, 0.2) is 0 Å². The van der Waals surface area contributed by atoms with Crippen LogP contribution in [0.5, 0.6) is 0 Å². The van der Waals surface area contributed by atoms with Crippen molar-refractivity contribution in [1.82, 2.24) is 14.7 Å². The number of likely N-dealkylation sites (tertiary alicyclic amines) is 1. The average molecular weight is 453 g/mol. The molecule has 33 heavy (non-hydrogen) atoms. The van der Waals surface area contributed by atoms with Crippen LogP contribution in [0.25, 0.3) is 0 Å². The quantitative estimate of drug-likeness (QED) is 0.731. The first-order chi connectivity index (χ1) is 16.1. The number of anilines is 1. The van der Waals surface area contributed by atoms with Crippen molar-refractivity contribution in [2.45, 2.75) is 25.8 Å². The summed E-state index contributed by atoms with van der Waals surface area (Å²) >= 11 is 0. The summed E-state index contributed by atoms with van der Waals surface area (Å²) in [5, 5.41) is 2.98. The molecule has 4 rings (SSSR count). The second-order valence-electron chi connectivity index (χ2n) is 9.04. The number of carbonyl (C=O) groups is 2. The van der Waals surface area contributed by atoms with E-state index >= 15 is 0 Å². The number of halogens is 1. The predicted octanol–water partition coefficient (Wildman–Crippen LogP) is 3.21. The van der Waals surface area contributed by atoms with E-state index in [1.807, 2.05) is 47.4 Å². The van der Waals surface area contributed by atoms with Crippen LogP contribution in [0, 0.1) is 11.7 Å². The van der Waals surface area contributed by atoms with Crippen molar-refractivity contribution < 1.29 is 14.0 Å². The Morgan fingerprint density at radius 3 is 2.24 bits per heavy atom. The van der Waals surface area contributed by atoms with Gasteiger partial charge >= 0.3 is 0 Å². The minimum absolute atomic E-state index is 0.0436. The minimum atomic E-state index is -0.208. The Hall–Kier alpha value is -2.77. The van der Waals surface area contributed by atoms with E-state index in [0.29, 0.717) is 32.5 Å². The molecule has 2 heterocycles. The van der Waals surface area contributed by atoms with E-state index in [2.05, 4.69) is 15.1 Å². The number of amides is 2. The summed E-state index contributed by atoms with van der Waals surface area (Å²) in [6.45, 7) is 6.14. The second kappa shape index (κ2) is 11.4. The smallest absolute Gasteiger partial charge is 0.236 e. The van der Waals surface area contributed by atoms with Crippen LogP contribution in [0.1, 0.15) is 24.8 Å². The maximum Gasteiger partial charge on any atom is 0.236 e. The van der Waals surface area contributed by atoms with Gasteiger partial charge in [0.1, 0.15) is 5.82 Å². The van der Waals surface area contributed by atoms with E-state index < -0.39 is 0 Å². The topological polar surface area (TPSA) is 55.9 Å². The molecule has 0 bridgehead atoms. The molecule has 1 N–H and O–H groups in total. The summed E-state index contributed by atoms with van der Waals surface area (Å²) in [5.41, 5.74) is 1.93. The van der Waals surface area contributed by atoms with E-state index in [9.17, 15) is 14.0 Å². The lowest BCUT2D eigenvalue weighted by Gasteiger charge is -2.33. The van der Waals surface area contributed by atoms with Crippen LogP contribution in [-0.2, 0) is 16.1 Å². The van der Waals surface area contributed by atoms with Gasteiger partial charge in [0, 0.05) is 44.3 Å². The van der Waals surface area contributed by atoms with Crippen molar-refractivity contribution in [3.05, 3.63) is 66.0 Å². The molecule has 0 aromatic heterocycles. The molecule has 2 aromatic carbocycles. The summed E-state index contributed by atoms with van der Waals surface area (Å²) in [4.78, 5) is 31.9. The highest BCUT2D eigenvalue weighted by atomic mass is 19.1. The highest BCUT2D eigenvalue weighted by Gasteiger charge is 2.28. The summed E-state index contributed by atoms with van der Waals surface area (Å²) in [7, 11) is 0. The standard InChI is InChI=1S/C26H33FN4O2/c27-23-9-7-21(8-10-23)19-29-13-4-14-30(18-17-29)20-25(32)31-15-11-22(12-16-31)26(33)28-24-5-2-1-3-6-24/h1-3,5-10,22H,4,11-20H2,(H,28,33). The molecular weight excluding hydrogens is 419 g/mol. The molecule has 2 aromatic rings. The summed E-state index contributed by atoms with van der Waals surface area (Å²) in [6.07, 6.45) is 2.42. The minimum Gasteiger partial charge on any atom is -0.342 e. The normalized spacial score (nSPS) is 18.6. The molecular formula is C26H33FN4O2. The number of rotatable bonds is 6. The lowest BCUT2D eigenvalue weighted by Crippen LogP contribution is -2.46. The molecule has 7 heteroatoms. The van der Waals surface area contributed by atoms with Crippen molar-refractivity contribution in [2.24, 2.45) is 5.92 Å². The van der Waals surface area contributed by atoms with Crippen molar-refractivity contribution in [1.29, 1.82) is 0 Å². The molecule has 0 spiro atoms. The fraction of sp³-hybridized carbons (Fsp3) is 0.462. The molecule has 0 unspecified atom stereocenters. The molecule has 2 fully saturated rings. The third kappa shape index (κ3) is 6.85. The molecule has 0 atom stereocenters. The molecule has 2 aliphatic rings. The SMILES string of the molecule is O=C(Nc1ccccc1)C1CCN(C(=O)CN2CCCN(Cc3ccc(F)cc3)CC2)CC1. The molecule has 2 amide bonds. The number of hydrogen-bond donors (Lipinski definition) is 1. The van der Waals surface area contributed by atoms with Gasteiger partial charge in [0.25, 0.3) is 0 Å². The molecule has 2 aliphatic heterocycles. The first-order valence-corrected chi connectivity index (χ1v) is 11.9. The lowest BCUT2D eigenvalue weighted by atomic mass is 9.95. The zero-order valence-electron chi connectivity index (χ0n) is 19.1. The highest BCUT2D eigenvalue weighted by Crippen LogP contribution is 2.20. The summed E-state index contributed by atoms with van der Waals surface area (Å²) in [6, 6.07) is 16.2. The number of carbonyl (C=O) groups excluding carboxylic acids is 2. The van der Waals surface area contributed by atoms with Crippen molar-refractivity contribution >= 4 is 17.5 Å². The van der Waals surface area contributed by atoms with Gasteiger partial charge in [-0.25, -0.2) is 4.39 Å². The monoisotopic (exact) mass is 452 g/mol. The van der Waals surface area contributed by atoms with E-state index in [1.54, 1.807) is 0 Å². The van der Waals surface area contributed by atoms with Crippen LogP contribution in [-0.4, -0.2) is 72.3 Å². The number of nitrogens with zero attached hydrogens (tertiary/aromatic N) is 3. The number of para-hydroxylation sites is 1. The summed E-state index contributed by atoms with van der Waals surface area (Å²) in [5.74, 6) is -0.0569. The van der Waals surface area contributed by atoms with Gasteiger partial charge in [-0.2, -0.15) is 0 Å². The fourth-order valence-electron chi connectivity index (χ4n) is 4.64. The van der Waals surface area contributed by atoms with E-state index in [0.717, 1.165) is 50.4 Å². The average Bonchev–Trinajstić information content (AvgIpc) is 3.06. The predicted molar refractivity (Wildman–Crippen MR) is 127 cm³/mol. The Balaban J connectivity index is 1.19. The van der Waals surface area contributed by atoms with Crippen molar-refractivity contribution in [3.63, 3.8) is 0 Å². The zero-order valence-corrected chi connectivity index (χ0v) is 19.1. The Morgan fingerprint density at radius 2 is 1.52 bits per heavy atom. The van der Waals surface area contributed by atoms with Gasteiger partial charge < -0.3 is 10.2 Å². The van der Waals surface area contributed by atoms with Crippen LogP contribution in [0.3, 0.4) is 0 Å². The van der Waals surface area contributed by atoms with Gasteiger partial charge in [0.05, 0.1) is 6.54 Å². The maximum atomic E-state index is 13.1. The van der Waals surface area contributed by atoms with Gasteiger partial charge in [-0.05, 0) is 62.2 Å². The van der Waals surface area contributed by atoms with E-state index in [-0.39, 0.29) is 23.5 Å². The Bertz CT molecular complexity index is 914. The number of piperidine rings is 1. The Labute approximate surface area is 195 Å². The van der Waals surface area contributed by atoms with Crippen LogP contribution >= 0.6 is 0 Å². The van der Waals surface area contributed by atoms with Gasteiger partial charge in [-0.1, -0.05) is 30.3 Å². The zero-order chi connectivity index (χ0) is 23.0. The first kappa shape index (κ1) is 23.4. The van der Waals surface area contributed by atoms with Crippen LogP contribution in [0.2, 0.25) is 0 Å². The first-order valence-electron chi connectivity index (χ1n) is 11.9. The van der Waals surface area contributed by atoms with Crippen LogP contribution in [0.15, 0.2) is 54.6 Å². The Kier molecular flexibility index (Phi) is 8.07. The molecule has 0 saturated carbocycles. The fourth-order valence-corrected chi connectivity index (χ4v) is 4.64. The van der Waals surface area contributed by atoms with E-state index in [4.69, 9.17) is 0 Å². The Morgan fingerprint density at radius 1 is 0.848 bits per heavy atom. The van der Waals surface area contributed by atoms with Gasteiger partial charge in [-0.3, -0.25) is 19.4 Å². The molecule has 0 radical (unpaired) electrons. The van der Waals surface area contributed by atoms with Gasteiger partial charge in [-0.15, -0.1) is 0 Å². The van der Waals surface area contributed by atoms with Crippen LogP contribution in [0.4, 0.5) is 10.1 Å². The number of benzene rings is 2. The number of nitrogens with one attached hydrogen (secondary N) is 1. The highest BCUT2D eigenvalue weighted by molar-refractivity contribution is 5.92. The van der Waals surface area contributed by atoms with Crippen molar-refractivity contribution in [3.8, 4) is 0 Å². The van der Waals surface area contributed by atoms with Crippen molar-refractivity contribution in [2.75, 3.05) is 51.1 Å². The lowest BCUT2D eigenvalue weighted by molar-refractivity contribution is -0.135. The van der Waals surface area contributed by atoms with E-state index in [1.165, 1.54) is 12.1 Å².